The predicted molar refractivity (Wildman–Crippen MR) is 121 cm³/mol. The van der Waals surface area contributed by atoms with Crippen LogP contribution in [0.5, 0.6) is 0 Å². The Morgan fingerprint density at radius 3 is 1.59 bits per heavy atom. The minimum absolute atomic E-state index is 0. The molecular formula is C22H39NaO10S. The van der Waals surface area contributed by atoms with Gasteiger partial charge >= 0.3 is 41.5 Å². The van der Waals surface area contributed by atoms with E-state index in [1.165, 1.54) is 57.8 Å². The van der Waals surface area contributed by atoms with Crippen molar-refractivity contribution in [3.05, 3.63) is 11.0 Å². The topological polar surface area (TPSA) is 148 Å². The molecule has 0 aliphatic rings. The first-order valence-electron chi connectivity index (χ1n) is 11.6. The fourth-order valence-corrected chi connectivity index (χ4v) is 3.28. The van der Waals surface area contributed by atoms with Crippen LogP contribution in [0.2, 0.25) is 0 Å². The van der Waals surface area contributed by atoms with Crippen molar-refractivity contribution in [3.63, 3.8) is 0 Å². The van der Waals surface area contributed by atoms with Crippen LogP contribution in [0.25, 0.3) is 0 Å². The van der Waals surface area contributed by atoms with Gasteiger partial charge in [0, 0.05) is 12.7 Å². The van der Waals surface area contributed by atoms with Crippen LogP contribution in [0, 0.1) is 0 Å². The van der Waals surface area contributed by atoms with E-state index in [0.29, 0.717) is 19.8 Å². The Morgan fingerprint density at radius 2 is 1.15 bits per heavy atom. The molecular weight excluding hydrogens is 479 g/mol. The van der Waals surface area contributed by atoms with Gasteiger partial charge in [0.05, 0.1) is 33.0 Å². The fraction of sp³-hybridized carbons (Fsp3) is 0.818. The van der Waals surface area contributed by atoms with Crippen molar-refractivity contribution in [2.24, 2.45) is 0 Å². The molecule has 10 nitrogen and oxygen atoms in total. The minimum Gasteiger partial charge on any atom is -0.744 e. The van der Waals surface area contributed by atoms with Crippen molar-refractivity contribution in [2.45, 2.75) is 71.1 Å². The van der Waals surface area contributed by atoms with E-state index in [0.717, 1.165) is 13.0 Å². The van der Waals surface area contributed by atoms with Gasteiger partial charge in [-0.25, -0.2) is 18.0 Å². The van der Waals surface area contributed by atoms with Gasteiger partial charge in [0.25, 0.3) is 0 Å². The third-order valence-corrected chi connectivity index (χ3v) is 5.42. The maximum Gasteiger partial charge on any atom is 1.00 e. The molecule has 0 aliphatic carbocycles. The number of hydrogen-bond donors (Lipinski definition) is 1. The number of ether oxygens (including phenoxy) is 4. The van der Waals surface area contributed by atoms with Crippen LogP contribution in [0.4, 0.5) is 0 Å². The zero-order chi connectivity index (χ0) is 24.8. The van der Waals surface area contributed by atoms with Crippen molar-refractivity contribution < 1.29 is 76.2 Å². The fourth-order valence-electron chi connectivity index (χ4n) is 2.82. The van der Waals surface area contributed by atoms with Crippen LogP contribution in [0.15, 0.2) is 11.0 Å². The molecule has 0 unspecified atom stereocenters. The van der Waals surface area contributed by atoms with Crippen LogP contribution in [0.1, 0.15) is 71.1 Å². The van der Waals surface area contributed by atoms with Gasteiger partial charge in [0.15, 0.2) is 0 Å². The summed E-state index contributed by atoms with van der Waals surface area (Å²) in [6.45, 7) is 4.27. The quantitative estimate of drug-likeness (QED) is 0.0645. The summed E-state index contributed by atoms with van der Waals surface area (Å²) >= 11 is 0. The minimum atomic E-state index is -5.27. The van der Waals surface area contributed by atoms with E-state index in [-0.39, 0.29) is 55.5 Å². The summed E-state index contributed by atoms with van der Waals surface area (Å²) in [6, 6.07) is 0. The average molecular weight is 519 g/mol. The van der Waals surface area contributed by atoms with Crippen molar-refractivity contribution in [1.29, 1.82) is 0 Å². The van der Waals surface area contributed by atoms with Crippen LogP contribution in [-0.4, -0.2) is 76.3 Å². The molecule has 0 aromatic heterocycles. The summed E-state index contributed by atoms with van der Waals surface area (Å²) in [6.07, 6.45) is 13.0. The van der Waals surface area contributed by atoms with Gasteiger partial charge in [0.2, 0.25) is 0 Å². The summed E-state index contributed by atoms with van der Waals surface area (Å²) in [4.78, 5) is 20.4. The summed E-state index contributed by atoms with van der Waals surface area (Å²) in [5.74, 6) is -3.28. The first-order valence-corrected chi connectivity index (χ1v) is 13.0. The van der Waals surface area contributed by atoms with Crippen molar-refractivity contribution >= 4 is 22.1 Å². The smallest absolute Gasteiger partial charge is 0.744 e. The Bertz CT molecular complexity index is 652. The van der Waals surface area contributed by atoms with E-state index in [2.05, 4.69) is 11.7 Å². The van der Waals surface area contributed by atoms with Gasteiger partial charge in [-0.3, -0.25) is 0 Å². The molecule has 0 saturated heterocycles. The number of carboxylic acid groups (broad SMARTS) is 1. The number of carbonyl (C=O) groups excluding carboxylic acids is 1. The molecule has 0 radical (unpaired) electrons. The van der Waals surface area contributed by atoms with E-state index < -0.39 is 27.0 Å². The van der Waals surface area contributed by atoms with Crippen LogP contribution >= 0.6 is 0 Å². The normalized spacial score (nSPS) is 11.8. The average Bonchev–Trinajstić information content (AvgIpc) is 2.75. The van der Waals surface area contributed by atoms with Crippen LogP contribution in [0.3, 0.4) is 0 Å². The standard InChI is InChI=1S/C22H40O10S.Na/c1-2-3-4-5-6-7-8-9-10-11-12-29-13-14-30-15-16-31-17-18-32-21(23)19-20(22(24)25)33(26,27)28;/h19H,2-18H2,1H3,(H,24,25)(H,26,27,28);/q;+1/p-1/b20-19+;. The second kappa shape index (κ2) is 24.2. The van der Waals surface area contributed by atoms with E-state index in [4.69, 9.17) is 19.3 Å². The van der Waals surface area contributed by atoms with Gasteiger partial charge in [-0.15, -0.1) is 0 Å². The summed E-state index contributed by atoms with van der Waals surface area (Å²) in [5, 5.41) is 8.60. The predicted octanol–water partition coefficient (Wildman–Crippen LogP) is 0.0180. The molecule has 34 heavy (non-hydrogen) atoms. The molecule has 0 spiro atoms. The van der Waals surface area contributed by atoms with Crippen LogP contribution < -0.4 is 29.6 Å². The number of hydrogen-bond acceptors (Lipinski definition) is 9. The molecule has 0 aliphatic heterocycles. The van der Waals surface area contributed by atoms with Crippen molar-refractivity contribution in [2.75, 3.05) is 46.2 Å². The van der Waals surface area contributed by atoms with Gasteiger partial charge in [-0.2, -0.15) is 0 Å². The van der Waals surface area contributed by atoms with Gasteiger partial charge in [0.1, 0.15) is 21.6 Å². The van der Waals surface area contributed by atoms with Crippen molar-refractivity contribution in [1.82, 2.24) is 0 Å². The summed E-state index contributed by atoms with van der Waals surface area (Å²) in [7, 11) is -5.27. The molecule has 0 rings (SSSR count). The zero-order valence-electron chi connectivity index (χ0n) is 20.6. The zero-order valence-corrected chi connectivity index (χ0v) is 23.4. The van der Waals surface area contributed by atoms with E-state index in [1.54, 1.807) is 0 Å². The first kappa shape index (κ1) is 35.6. The molecule has 0 aromatic rings. The summed E-state index contributed by atoms with van der Waals surface area (Å²) < 4.78 is 52.7. The molecule has 12 heteroatoms. The van der Waals surface area contributed by atoms with E-state index in [1.807, 2.05) is 0 Å². The number of esters is 1. The Hall–Kier alpha value is -0.530. The van der Waals surface area contributed by atoms with Gasteiger partial charge < -0.3 is 28.6 Å². The Morgan fingerprint density at radius 1 is 0.735 bits per heavy atom. The molecule has 0 fully saturated rings. The third-order valence-electron chi connectivity index (χ3n) is 4.59. The monoisotopic (exact) mass is 518 g/mol. The Labute approximate surface area is 225 Å². The largest absolute Gasteiger partial charge is 1.00 e. The Kier molecular flexibility index (Phi) is 25.3. The van der Waals surface area contributed by atoms with E-state index >= 15 is 0 Å². The molecule has 1 N–H and O–H groups in total. The number of aliphatic carboxylic acids is 1. The second-order valence-electron chi connectivity index (χ2n) is 7.45. The number of carboxylic acids is 1. The molecule has 0 atom stereocenters. The van der Waals surface area contributed by atoms with E-state index in [9.17, 15) is 22.6 Å². The maximum atomic E-state index is 11.3. The number of unbranched alkanes of at least 4 members (excludes halogenated alkanes) is 9. The van der Waals surface area contributed by atoms with Crippen LogP contribution in [-0.2, 0) is 38.7 Å². The molecule has 0 bridgehead atoms. The number of carbonyl (C=O) groups is 2. The van der Waals surface area contributed by atoms with Gasteiger partial charge in [-0.1, -0.05) is 64.7 Å². The molecule has 0 aromatic carbocycles. The molecule has 0 saturated carbocycles. The maximum absolute atomic E-state index is 11.3. The molecule has 0 heterocycles. The molecule has 194 valence electrons. The SMILES string of the molecule is CCCCCCCCCCCCOCCOCCOCCOC(=O)/C=C(\C(=O)O)S(=O)(=O)[O-].[Na+]. The molecule has 0 amide bonds. The number of rotatable bonds is 23. The van der Waals surface area contributed by atoms with Gasteiger partial charge in [-0.05, 0) is 6.42 Å². The second-order valence-corrected chi connectivity index (χ2v) is 8.80. The summed E-state index contributed by atoms with van der Waals surface area (Å²) in [5.41, 5.74) is 0. The van der Waals surface area contributed by atoms with Crippen molar-refractivity contribution in [3.8, 4) is 0 Å². The first-order chi connectivity index (χ1) is 15.8. The Balaban J connectivity index is 0. The third kappa shape index (κ3) is 23.2.